The van der Waals surface area contributed by atoms with E-state index in [1.807, 2.05) is 48.5 Å². The lowest BCUT2D eigenvalue weighted by Gasteiger charge is -2.51. The predicted octanol–water partition coefficient (Wildman–Crippen LogP) is 9.35. The highest BCUT2D eigenvalue weighted by Crippen LogP contribution is 2.58. The van der Waals surface area contributed by atoms with Crippen molar-refractivity contribution in [1.82, 2.24) is 16.0 Å². The van der Waals surface area contributed by atoms with Gasteiger partial charge in [-0.05, 0) is 132 Å². The maximum Gasteiger partial charge on any atom is 0.407 e. The molecule has 70 heavy (non-hydrogen) atoms. The van der Waals surface area contributed by atoms with Crippen LogP contribution in [0.3, 0.4) is 0 Å². The molecule has 4 fully saturated rings. The normalized spacial score (nSPS) is 19.4. The molecule has 4 saturated carbocycles. The van der Waals surface area contributed by atoms with Gasteiger partial charge in [0.05, 0.1) is 19.2 Å². The molecule has 4 aromatic rings. The van der Waals surface area contributed by atoms with Crippen molar-refractivity contribution in [2.75, 3.05) is 32.7 Å². The highest BCUT2D eigenvalue weighted by Gasteiger charge is 2.47. The van der Waals surface area contributed by atoms with Crippen molar-refractivity contribution in [2.24, 2.45) is 35.3 Å². The van der Waals surface area contributed by atoms with E-state index in [0.717, 1.165) is 51.0 Å². The van der Waals surface area contributed by atoms with E-state index in [0.29, 0.717) is 40.3 Å². The molecule has 0 radical (unpaired) electrons. The number of hydrogen-bond acceptors (Lipinski definition) is 9. The number of nitrogens with two attached hydrogens (primary N) is 1. The van der Waals surface area contributed by atoms with E-state index in [2.05, 4.69) is 33.4 Å². The fourth-order valence-electron chi connectivity index (χ4n) is 11.1. The zero-order chi connectivity index (χ0) is 49.5. The van der Waals surface area contributed by atoms with Crippen molar-refractivity contribution in [3.8, 4) is 16.9 Å². The Hall–Kier alpha value is -6.80. The van der Waals surface area contributed by atoms with Crippen LogP contribution in [0.4, 0.5) is 15.3 Å². The lowest BCUT2D eigenvalue weighted by molar-refractivity contribution is -0.134. The Labute approximate surface area is 414 Å². The zero-order valence-electron chi connectivity index (χ0n) is 40.1. The maximum absolute atomic E-state index is 13.9. The molecule has 0 heterocycles. The lowest BCUT2D eigenvalue weighted by atomic mass is 9.54. The van der Waals surface area contributed by atoms with Crippen molar-refractivity contribution in [3.63, 3.8) is 0 Å². The van der Waals surface area contributed by atoms with Crippen LogP contribution in [0, 0.1) is 29.6 Å². The first kappa shape index (κ1) is 49.6. The summed E-state index contributed by atoms with van der Waals surface area (Å²) in [5.41, 5.74) is 13.5. The summed E-state index contributed by atoms with van der Waals surface area (Å²) < 4.78 is 23.2. The second-order valence-electron chi connectivity index (χ2n) is 19.2. The number of fused-ring (bicyclic) bond motifs is 3. The average molecular weight is 973 g/mol. The minimum absolute atomic E-state index is 0.0698. The maximum atomic E-state index is 13.9. The second kappa shape index (κ2) is 22.3. The Bertz CT molecular complexity index is 2590. The fraction of sp³-hybridized carbons (Fsp3) is 0.400. The van der Waals surface area contributed by atoms with E-state index < -0.39 is 42.0 Å². The SMILES string of the molecule is COC(=O)/C=C/c1ccc(C(OC)=C2C3CC4CC(C3)CC2C4)c(Cl)c1OCc1ccc(NC(=O)[C@@H](CCCNC(N)=O)NC(=O)[C@@H](NC(=O)OCC2c3ccccc3-c3ccccc32)C(C)C)cc1. The highest BCUT2D eigenvalue weighted by molar-refractivity contribution is 6.34. The standard InChI is InChI=1S/C55H62ClN5O9/c1-31(2)49(61-55(66)70-30-44-41-12-7-5-10-39(41)40-11-6-8-13-42(40)44)53(64)60-45(14-9-23-58-54(57)65)52(63)59-38-19-15-32(16-20-38)29-69-50-35(18-22-46(62)67-3)17-21-43(48(50)56)51(68-4)47-36-25-33-24-34(27-36)28-37(47)26-33/h5-8,10-13,15-22,31,33-34,36-37,44-45,49H,9,14,23-30H2,1-4H3,(H,59,63)(H,60,64)(H,61,66)(H3,57,58,65)/b22-18+,51-47?/t33?,34?,36?,37?,45-,49+/m1/s1. The molecule has 6 N–H and O–H groups in total. The molecule has 0 aliphatic heterocycles. The molecule has 0 unspecified atom stereocenters. The molecule has 0 spiro atoms. The van der Waals surface area contributed by atoms with E-state index in [9.17, 15) is 24.0 Å². The number of benzene rings is 4. The number of rotatable bonds is 19. The lowest BCUT2D eigenvalue weighted by Crippen LogP contribution is -2.54. The molecule has 15 heteroatoms. The quantitative estimate of drug-likeness (QED) is 0.0263. The number of alkyl carbamates (subject to hydrolysis) is 1. The largest absolute Gasteiger partial charge is 0.496 e. The molecule has 5 amide bonds. The smallest absolute Gasteiger partial charge is 0.407 e. The van der Waals surface area contributed by atoms with Crippen molar-refractivity contribution in [2.45, 2.75) is 83.4 Å². The monoisotopic (exact) mass is 971 g/mol. The van der Waals surface area contributed by atoms with Crippen LogP contribution >= 0.6 is 11.6 Å². The molecular weight excluding hydrogens is 910 g/mol. The van der Waals surface area contributed by atoms with Crippen LogP contribution in [0.2, 0.25) is 5.02 Å². The first-order chi connectivity index (χ1) is 33.8. The molecule has 4 aromatic carbocycles. The molecule has 0 saturated heterocycles. The third kappa shape index (κ3) is 11.3. The van der Waals surface area contributed by atoms with Gasteiger partial charge in [0.25, 0.3) is 0 Å². The number of primary amides is 1. The summed E-state index contributed by atoms with van der Waals surface area (Å²) in [7, 11) is 3.01. The predicted molar refractivity (Wildman–Crippen MR) is 268 cm³/mol. The summed E-state index contributed by atoms with van der Waals surface area (Å²) in [5, 5.41) is 11.3. The first-order valence-corrected chi connectivity index (χ1v) is 24.5. The van der Waals surface area contributed by atoms with Gasteiger partial charge in [0.15, 0.2) is 0 Å². The third-order valence-electron chi connectivity index (χ3n) is 14.2. The Morgan fingerprint density at radius 1 is 0.786 bits per heavy atom. The number of esters is 1. The molecule has 4 bridgehead atoms. The van der Waals surface area contributed by atoms with Gasteiger partial charge < -0.3 is 45.9 Å². The number of amides is 5. The van der Waals surface area contributed by atoms with Gasteiger partial charge in [-0.25, -0.2) is 14.4 Å². The van der Waals surface area contributed by atoms with E-state index >= 15 is 0 Å². The zero-order valence-corrected chi connectivity index (χ0v) is 40.8. The third-order valence-corrected chi connectivity index (χ3v) is 14.6. The summed E-state index contributed by atoms with van der Waals surface area (Å²) in [4.78, 5) is 64.6. The van der Waals surface area contributed by atoms with Crippen molar-refractivity contribution in [3.05, 3.63) is 129 Å². The van der Waals surface area contributed by atoms with E-state index in [4.69, 9.17) is 36.3 Å². The molecule has 368 valence electrons. The van der Waals surface area contributed by atoms with Gasteiger partial charge in [0, 0.05) is 35.4 Å². The Balaban J connectivity index is 0.928. The van der Waals surface area contributed by atoms with E-state index in [-0.39, 0.29) is 38.0 Å². The van der Waals surface area contributed by atoms with Gasteiger partial charge in [0.1, 0.15) is 36.8 Å². The number of methoxy groups -OCH3 is 2. The van der Waals surface area contributed by atoms with Gasteiger partial charge in [0.2, 0.25) is 11.8 Å². The molecule has 2 atom stereocenters. The van der Waals surface area contributed by atoms with E-state index in [1.165, 1.54) is 50.9 Å². The number of urea groups is 1. The van der Waals surface area contributed by atoms with Gasteiger partial charge >= 0.3 is 18.1 Å². The van der Waals surface area contributed by atoms with Crippen LogP contribution in [0.25, 0.3) is 23.0 Å². The van der Waals surface area contributed by atoms with Crippen LogP contribution in [-0.4, -0.2) is 69.4 Å². The van der Waals surface area contributed by atoms with Crippen molar-refractivity contribution in [1.29, 1.82) is 0 Å². The molecule has 14 nitrogen and oxygen atoms in total. The van der Waals surface area contributed by atoms with Crippen molar-refractivity contribution < 1.29 is 42.9 Å². The summed E-state index contributed by atoms with van der Waals surface area (Å²) in [6.45, 7) is 3.91. The number of ether oxygens (including phenoxy) is 4. The van der Waals surface area contributed by atoms with Gasteiger partial charge in [-0.15, -0.1) is 0 Å². The molecule has 5 aliphatic carbocycles. The summed E-state index contributed by atoms with van der Waals surface area (Å²) in [5.74, 6) is 1.56. The summed E-state index contributed by atoms with van der Waals surface area (Å²) in [6, 6.07) is 24.1. The Kier molecular flexibility index (Phi) is 15.8. The number of carbonyl (C=O) groups is 5. The number of nitrogens with one attached hydrogen (secondary N) is 4. The van der Waals surface area contributed by atoms with Gasteiger partial charge in [-0.3, -0.25) is 9.59 Å². The van der Waals surface area contributed by atoms with Crippen LogP contribution in [0.15, 0.2) is 96.6 Å². The Morgan fingerprint density at radius 3 is 2.03 bits per heavy atom. The van der Waals surface area contributed by atoms with Crippen LogP contribution in [0.1, 0.15) is 92.5 Å². The highest BCUT2D eigenvalue weighted by atomic mass is 35.5. The average Bonchev–Trinajstić information content (AvgIpc) is 3.67. The Morgan fingerprint density at radius 2 is 1.43 bits per heavy atom. The second-order valence-corrected chi connectivity index (χ2v) is 19.5. The van der Waals surface area contributed by atoms with Crippen LogP contribution < -0.4 is 31.7 Å². The molecule has 0 aromatic heterocycles. The van der Waals surface area contributed by atoms with Crippen LogP contribution in [-0.2, 0) is 35.2 Å². The van der Waals surface area contributed by atoms with Gasteiger partial charge in [-0.2, -0.15) is 0 Å². The van der Waals surface area contributed by atoms with Gasteiger partial charge in [-0.1, -0.05) is 92.2 Å². The first-order valence-electron chi connectivity index (χ1n) is 24.2. The minimum atomic E-state index is -1.05. The summed E-state index contributed by atoms with van der Waals surface area (Å²) in [6.07, 6.45) is 8.68. The number of carbonyl (C=O) groups excluding carboxylic acids is 5. The molecule has 9 rings (SSSR count). The minimum Gasteiger partial charge on any atom is -0.496 e. The number of anilines is 1. The van der Waals surface area contributed by atoms with E-state index in [1.54, 1.807) is 51.3 Å². The van der Waals surface area contributed by atoms with Crippen LogP contribution in [0.5, 0.6) is 5.75 Å². The topological polar surface area (TPSA) is 196 Å². The number of halogens is 1. The fourth-order valence-corrected chi connectivity index (χ4v) is 11.4. The summed E-state index contributed by atoms with van der Waals surface area (Å²) >= 11 is 7.24. The molecular formula is C55H62ClN5O9. The number of allylic oxidation sites excluding steroid dienone is 1. The molecule has 5 aliphatic rings. The number of hydrogen-bond donors (Lipinski definition) is 5. The van der Waals surface area contributed by atoms with Crippen molar-refractivity contribution >= 4 is 59.0 Å².